The van der Waals surface area contributed by atoms with E-state index in [0.29, 0.717) is 6.20 Å². The van der Waals surface area contributed by atoms with Gasteiger partial charge in [-0.05, 0) is 0 Å². The van der Waals surface area contributed by atoms with Crippen LogP contribution in [-0.4, -0.2) is 21.0 Å². The molecule has 76 valence electrons. The molecule has 8 heteroatoms. The number of hydrogen-bond acceptors (Lipinski definition) is 4. The second-order valence-electron chi connectivity index (χ2n) is 2.29. The van der Waals surface area contributed by atoms with Crippen molar-refractivity contribution in [1.82, 2.24) is 9.97 Å². The number of carboxylic acid groups (broad SMARTS) is 1. The van der Waals surface area contributed by atoms with Gasteiger partial charge in [0.1, 0.15) is 0 Å². The van der Waals surface area contributed by atoms with Crippen LogP contribution in [-0.2, 0) is 6.18 Å². The van der Waals surface area contributed by atoms with E-state index in [1.54, 1.807) is 0 Å². The number of carboxylic acids is 1. The zero-order valence-corrected chi connectivity index (χ0v) is 6.54. The summed E-state index contributed by atoms with van der Waals surface area (Å²) in [6.07, 6.45) is -4.35. The molecule has 0 atom stereocenters. The molecule has 0 unspecified atom stereocenters. The lowest BCUT2D eigenvalue weighted by molar-refractivity contribution is -0.141. The molecule has 0 aliphatic carbocycles. The fourth-order valence-electron chi connectivity index (χ4n) is 0.692. The highest BCUT2D eigenvalue weighted by Gasteiger charge is 2.34. The molecule has 0 amide bonds. The van der Waals surface area contributed by atoms with E-state index >= 15 is 0 Å². The molecule has 0 aliphatic heterocycles. The number of aromatic carboxylic acids is 1. The fourth-order valence-corrected chi connectivity index (χ4v) is 0.692. The summed E-state index contributed by atoms with van der Waals surface area (Å²) in [5.74, 6) is -2.20. The lowest BCUT2D eigenvalue weighted by Gasteiger charge is -2.06. The van der Waals surface area contributed by atoms with Crippen LogP contribution < -0.4 is 5.73 Å². The molecule has 0 saturated carbocycles. The third-order valence-corrected chi connectivity index (χ3v) is 1.29. The molecule has 1 heterocycles. The Morgan fingerprint density at radius 1 is 1.50 bits per heavy atom. The van der Waals surface area contributed by atoms with E-state index in [4.69, 9.17) is 10.8 Å². The summed E-state index contributed by atoms with van der Waals surface area (Å²) in [6.45, 7) is 0. The molecule has 5 nitrogen and oxygen atoms in total. The standard InChI is InChI=1S/C6H4F3N3O2/c7-6(8,9)2-1-11-4(10)3(12-2)5(13)14/h1H,(H2,10,11)(H,13,14). The molecule has 1 aromatic rings. The van der Waals surface area contributed by atoms with E-state index in [2.05, 4.69) is 9.97 Å². The second kappa shape index (κ2) is 3.13. The monoisotopic (exact) mass is 207 g/mol. The quantitative estimate of drug-likeness (QED) is 0.710. The van der Waals surface area contributed by atoms with Gasteiger partial charge in [0.05, 0.1) is 6.20 Å². The molecule has 1 aromatic heterocycles. The summed E-state index contributed by atoms with van der Waals surface area (Å²) in [5.41, 5.74) is 2.72. The maximum absolute atomic E-state index is 12.0. The summed E-state index contributed by atoms with van der Waals surface area (Å²) in [6, 6.07) is 0. The minimum atomic E-state index is -4.73. The Kier molecular flexibility index (Phi) is 2.28. The van der Waals surface area contributed by atoms with Crippen LogP contribution in [0.5, 0.6) is 0 Å². The van der Waals surface area contributed by atoms with E-state index in [-0.39, 0.29) is 0 Å². The van der Waals surface area contributed by atoms with Crippen LogP contribution in [0.25, 0.3) is 0 Å². The lowest BCUT2D eigenvalue weighted by Crippen LogP contribution is -2.15. The van der Waals surface area contributed by atoms with Gasteiger partial charge in [0.15, 0.2) is 17.2 Å². The maximum atomic E-state index is 12.0. The Balaban J connectivity index is 3.27. The first-order valence-corrected chi connectivity index (χ1v) is 3.25. The van der Waals surface area contributed by atoms with Crippen molar-refractivity contribution >= 4 is 11.8 Å². The second-order valence-corrected chi connectivity index (χ2v) is 2.29. The van der Waals surface area contributed by atoms with Crippen LogP contribution >= 0.6 is 0 Å². The van der Waals surface area contributed by atoms with E-state index in [1.165, 1.54) is 0 Å². The maximum Gasteiger partial charge on any atom is 0.434 e. The predicted octanol–water partition coefficient (Wildman–Crippen LogP) is 0.776. The Morgan fingerprint density at radius 3 is 2.50 bits per heavy atom. The van der Waals surface area contributed by atoms with Crippen molar-refractivity contribution in [3.8, 4) is 0 Å². The zero-order valence-electron chi connectivity index (χ0n) is 6.54. The van der Waals surface area contributed by atoms with Gasteiger partial charge in [-0.1, -0.05) is 0 Å². The summed E-state index contributed by atoms with van der Waals surface area (Å²) in [4.78, 5) is 16.3. The van der Waals surface area contributed by atoms with Gasteiger partial charge in [-0.3, -0.25) is 0 Å². The normalized spacial score (nSPS) is 11.4. The molecule has 3 N–H and O–H groups in total. The molecule has 0 fully saturated rings. The Labute approximate surface area is 75.4 Å². The molecule has 0 aromatic carbocycles. The van der Waals surface area contributed by atoms with Gasteiger partial charge < -0.3 is 10.8 Å². The number of nitrogens with zero attached hydrogens (tertiary/aromatic N) is 2. The minimum Gasteiger partial charge on any atom is -0.476 e. The molecule has 14 heavy (non-hydrogen) atoms. The molecule has 1 rings (SSSR count). The molecule has 0 aliphatic rings. The van der Waals surface area contributed by atoms with Crippen molar-refractivity contribution in [2.45, 2.75) is 6.18 Å². The van der Waals surface area contributed by atoms with Crippen LogP contribution in [0.2, 0.25) is 0 Å². The average Bonchev–Trinajstić information content (AvgIpc) is 2.02. The topological polar surface area (TPSA) is 89.1 Å². The first-order chi connectivity index (χ1) is 6.32. The van der Waals surface area contributed by atoms with Crippen LogP contribution in [0.4, 0.5) is 19.0 Å². The van der Waals surface area contributed by atoms with Crippen molar-refractivity contribution in [2.75, 3.05) is 5.73 Å². The first-order valence-electron chi connectivity index (χ1n) is 3.25. The number of halogens is 3. The molecular weight excluding hydrogens is 203 g/mol. The van der Waals surface area contributed by atoms with Crippen molar-refractivity contribution in [3.05, 3.63) is 17.6 Å². The van der Waals surface area contributed by atoms with Gasteiger partial charge in [-0.15, -0.1) is 0 Å². The van der Waals surface area contributed by atoms with Crippen molar-refractivity contribution in [3.63, 3.8) is 0 Å². The van der Waals surface area contributed by atoms with Crippen molar-refractivity contribution < 1.29 is 23.1 Å². The third-order valence-electron chi connectivity index (χ3n) is 1.29. The first kappa shape index (κ1) is 10.2. The van der Waals surface area contributed by atoms with Crippen molar-refractivity contribution in [2.24, 2.45) is 0 Å². The number of hydrogen-bond donors (Lipinski definition) is 2. The van der Waals surface area contributed by atoms with Crippen molar-refractivity contribution in [1.29, 1.82) is 0 Å². The Bertz CT molecular complexity index is 377. The van der Waals surface area contributed by atoms with Crippen LogP contribution in [0.1, 0.15) is 16.2 Å². The number of aromatic nitrogens is 2. The van der Waals surface area contributed by atoms with Gasteiger partial charge in [-0.2, -0.15) is 13.2 Å². The van der Waals surface area contributed by atoms with Gasteiger partial charge in [-0.25, -0.2) is 14.8 Å². The molecule has 0 spiro atoms. The van der Waals surface area contributed by atoms with Gasteiger partial charge in [0, 0.05) is 0 Å². The highest BCUT2D eigenvalue weighted by molar-refractivity contribution is 5.90. The molecule has 0 bridgehead atoms. The number of nitrogens with two attached hydrogens (primary N) is 1. The Hall–Kier alpha value is -1.86. The third kappa shape index (κ3) is 1.90. The molecule has 0 saturated heterocycles. The summed E-state index contributed by atoms with van der Waals surface area (Å²) < 4.78 is 36.1. The Morgan fingerprint density at radius 2 is 2.07 bits per heavy atom. The van der Waals surface area contributed by atoms with Gasteiger partial charge in [0.25, 0.3) is 0 Å². The summed E-state index contributed by atoms with van der Waals surface area (Å²) >= 11 is 0. The molecular formula is C6H4F3N3O2. The SMILES string of the molecule is Nc1ncc(C(F)(F)F)nc1C(=O)O. The highest BCUT2D eigenvalue weighted by Crippen LogP contribution is 2.27. The number of anilines is 1. The van der Waals surface area contributed by atoms with Crippen LogP contribution in [0.15, 0.2) is 6.20 Å². The van der Waals surface area contributed by atoms with E-state index in [9.17, 15) is 18.0 Å². The largest absolute Gasteiger partial charge is 0.476 e. The van der Waals surface area contributed by atoms with E-state index in [1.807, 2.05) is 0 Å². The van der Waals surface area contributed by atoms with E-state index < -0.39 is 29.4 Å². The number of alkyl halides is 3. The lowest BCUT2D eigenvalue weighted by atomic mass is 10.3. The van der Waals surface area contributed by atoms with E-state index in [0.717, 1.165) is 0 Å². The van der Waals surface area contributed by atoms with Crippen LogP contribution in [0, 0.1) is 0 Å². The number of rotatable bonds is 1. The highest BCUT2D eigenvalue weighted by atomic mass is 19.4. The van der Waals surface area contributed by atoms with Gasteiger partial charge in [0.2, 0.25) is 0 Å². The zero-order chi connectivity index (χ0) is 10.9. The summed E-state index contributed by atoms with van der Waals surface area (Å²) in [7, 11) is 0. The van der Waals surface area contributed by atoms with Crippen LogP contribution in [0.3, 0.4) is 0 Å². The predicted molar refractivity (Wildman–Crippen MR) is 38.4 cm³/mol. The fraction of sp³-hybridized carbons (Fsp3) is 0.167. The number of nitrogen functional groups attached to an aromatic ring is 1. The average molecular weight is 207 g/mol. The summed E-state index contributed by atoms with van der Waals surface area (Å²) in [5, 5.41) is 8.41. The smallest absolute Gasteiger partial charge is 0.434 e. The number of carbonyl (C=O) groups is 1. The van der Waals surface area contributed by atoms with Gasteiger partial charge >= 0.3 is 12.1 Å². The minimum absolute atomic E-state index is 0.377. The molecule has 0 radical (unpaired) electrons.